The van der Waals surface area contributed by atoms with E-state index in [0.717, 1.165) is 4.90 Å². The molecule has 0 unspecified atom stereocenters. The van der Waals surface area contributed by atoms with Crippen molar-refractivity contribution in [2.45, 2.75) is 44.2 Å². The lowest BCUT2D eigenvalue weighted by Crippen LogP contribution is -2.48. The third-order valence-corrected chi connectivity index (χ3v) is 6.35. The molecule has 0 aliphatic heterocycles. The zero-order valence-electron chi connectivity index (χ0n) is 16.9. The molecular weight excluding hydrogens is 427 g/mol. The molecule has 0 aliphatic rings. The molecule has 0 bridgehead atoms. The smallest absolute Gasteiger partial charge is 0.242 e. The maximum atomic E-state index is 13.1. The van der Waals surface area contributed by atoms with E-state index in [0.29, 0.717) is 34.2 Å². The third-order valence-electron chi connectivity index (χ3n) is 4.63. The number of likely N-dealkylation sites (N-methyl/N-ethyl adjacent to an activating group) is 1. The Kier molecular flexibility index (Phi) is 9.34. The number of hydrogen-bond acceptors (Lipinski definition) is 3. The van der Waals surface area contributed by atoms with E-state index in [-0.39, 0.29) is 18.4 Å². The lowest BCUT2D eigenvalue weighted by molar-refractivity contribution is -0.140. The van der Waals surface area contributed by atoms with Crippen LogP contribution in [0.15, 0.2) is 47.4 Å². The Labute approximate surface area is 187 Å². The third kappa shape index (κ3) is 6.66. The Morgan fingerprint density at radius 3 is 2.28 bits per heavy atom. The molecule has 2 aromatic carbocycles. The maximum absolute atomic E-state index is 13.1. The molecule has 156 valence electrons. The lowest BCUT2D eigenvalue weighted by atomic mass is 10.1. The van der Waals surface area contributed by atoms with E-state index >= 15 is 0 Å². The standard InChI is InChI=1S/C22H26Cl2N2O2S/c1-4-20(22(28)25-3)26(14-17-18(23)6-5-7-19(17)24)21(27)12-13-29-16-10-8-15(2)9-11-16/h5-11,20H,4,12-14H2,1-3H3,(H,25,28)/t20-/m1/s1. The van der Waals surface area contributed by atoms with Gasteiger partial charge in [0.05, 0.1) is 0 Å². The molecule has 0 aliphatic carbocycles. The van der Waals surface area contributed by atoms with Crippen molar-refractivity contribution in [1.29, 1.82) is 0 Å². The van der Waals surface area contributed by atoms with Crippen LogP contribution in [0.5, 0.6) is 0 Å². The number of carbonyl (C=O) groups is 2. The first-order valence-corrected chi connectivity index (χ1v) is 11.2. The van der Waals surface area contributed by atoms with Crippen LogP contribution in [-0.2, 0) is 16.1 Å². The SMILES string of the molecule is CC[C@H](C(=O)NC)N(Cc1c(Cl)cccc1Cl)C(=O)CCSc1ccc(C)cc1. The molecule has 0 saturated carbocycles. The van der Waals surface area contributed by atoms with E-state index in [4.69, 9.17) is 23.2 Å². The number of benzene rings is 2. The Morgan fingerprint density at radius 1 is 1.10 bits per heavy atom. The van der Waals surface area contributed by atoms with Crippen LogP contribution in [0.3, 0.4) is 0 Å². The molecule has 0 aromatic heterocycles. The molecule has 2 aromatic rings. The van der Waals surface area contributed by atoms with Crippen LogP contribution >= 0.6 is 35.0 Å². The van der Waals surface area contributed by atoms with Crippen molar-refractivity contribution in [2.75, 3.05) is 12.8 Å². The summed E-state index contributed by atoms with van der Waals surface area (Å²) >= 11 is 14.2. The van der Waals surface area contributed by atoms with Crippen LogP contribution in [0.1, 0.15) is 30.9 Å². The normalized spacial score (nSPS) is 11.8. The largest absolute Gasteiger partial charge is 0.357 e. The first-order chi connectivity index (χ1) is 13.9. The van der Waals surface area contributed by atoms with Gasteiger partial charge in [0.1, 0.15) is 6.04 Å². The van der Waals surface area contributed by atoms with Gasteiger partial charge in [0.25, 0.3) is 0 Å². The van der Waals surface area contributed by atoms with Gasteiger partial charge in [-0.25, -0.2) is 0 Å². The molecule has 0 radical (unpaired) electrons. The zero-order valence-corrected chi connectivity index (χ0v) is 19.2. The molecule has 0 fully saturated rings. The number of nitrogens with one attached hydrogen (secondary N) is 1. The highest BCUT2D eigenvalue weighted by molar-refractivity contribution is 7.99. The van der Waals surface area contributed by atoms with Crippen molar-refractivity contribution < 1.29 is 9.59 Å². The second-order valence-corrected chi connectivity index (χ2v) is 8.65. The van der Waals surface area contributed by atoms with E-state index in [2.05, 4.69) is 17.4 Å². The van der Waals surface area contributed by atoms with Crippen LogP contribution in [0.4, 0.5) is 0 Å². The predicted molar refractivity (Wildman–Crippen MR) is 122 cm³/mol. The number of thioether (sulfide) groups is 1. The number of hydrogen-bond donors (Lipinski definition) is 1. The van der Waals surface area contributed by atoms with Gasteiger partial charge < -0.3 is 10.2 Å². The van der Waals surface area contributed by atoms with Crippen molar-refractivity contribution in [3.05, 3.63) is 63.6 Å². The van der Waals surface area contributed by atoms with Crippen molar-refractivity contribution in [1.82, 2.24) is 10.2 Å². The fraction of sp³-hybridized carbons (Fsp3) is 0.364. The van der Waals surface area contributed by atoms with E-state index in [1.807, 2.05) is 26.0 Å². The zero-order chi connectivity index (χ0) is 21.4. The second-order valence-electron chi connectivity index (χ2n) is 6.67. The molecule has 0 spiro atoms. The molecule has 4 nitrogen and oxygen atoms in total. The number of nitrogens with zero attached hydrogens (tertiary/aromatic N) is 1. The van der Waals surface area contributed by atoms with Crippen LogP contribution in [0.2, 0.25) is 10.0 Å². The monoisotopic (exact) mass is 452 g/mol. The van der Waals surface area contributed by atoms with Gasteiger partial charge in [0.2, 0.25) is 11.8 Å². The summed E-state index contributed by atoms with van der Waals surface area (Å²) in [4.78, 5) is 28.2. The van der Waals surface area contributed by atoms with Crippen LogP contribution < -0.4 is 5.32 Å². The van der Waals surface area contributed by atoms with Crippen LogP contribution in [0, 0.1) is 6.92 Å². The van der Waals surface area contributed by atoms with Gasteiger partial charge >= 0.3 is 0 Å². The summed E-state index contributed by atoms with van der Waals surface area (Å²) in [5, 5.41) is 3.61. The summed E-state index contributed by atoms with van der Waals surface area (Å²) in [6.07, 6.45) is 0.812. The highest BCUT2D eigenvalue weighted by atomic mass is 35.5. The number of carbonyl (C=O) groups excluding carboxylic acids is 2. The summed E-state index contributed by atoms with van der Waals surface area (Å²) in [6, 6.07) is 12.8. The minimum absolute atomic E-state index is 0.101. The van der Waals surface area contributed by atoms with Gasteiger partial charge in [0.15, 0.2) is 0 Å². The van der Waals surface area contributed by atoms with Gasteiger partial charge in [-0.05, 0) is 37.6 Å². The van der Waals surface area contributed by atoms with Gasteiger partial charge in [-0.3, -0.25) is 9.59 Å². The van der Waals surface area contributed by atoms with Crippen molar-refractivity contribution >= 4 is 46.8 Å². The molecule has 0 heterocycles. The predicted octanol–water partition coefficient (Wildman–Crippen LogP) is 5.34. The second kappa shape index (κ2) is 11.5. The quantitative estimate of drug-likeness (QED) is 0.522. The minimum Gasteiger partial charge on any atom is -0.357 e. The molecule has 7 heteroatoms. The van der Waals surface area contributed by atoms with E-state index < -0.39 is 6.04 Å². The first-order valence-electron chi connectivity index (χ1n) is 9.50. The van der Waals surface area contributed by atoms with Crippen molar-refractivity contribution in [3.8, 4) is 0 Å². The minimum atomic E-state index is -0.579. The summed E-state index contributed by atoms with van der Waals surface area (Å²) < 4.78 is 0. The summed E-state index contributed by atoms with van der Waals surface area (Å²) in [7, 11) is 1.57. The molecular formula is C22H26Cl2N2O2S. The molecule has 1 N–H and O–H groups in total. The summed E-state index contributed by atoms with van der Waals surface area (Å²) in [6.45, 7) is 4.12. The lowest BCUT2D eigenvalue weighted by Gasteiger charge is -2.31. The fourth-order valence-corrected chi connectivity index (χ4v) is 4.33. The Hall–Kier alpha value is -1.69. The van der Waals surface area contributed by atoms with Gasteiger partial charge in [0, 0.05) is 46.3 Å². The topological polar surface area (TPSA) is 49.4 Å². The number of aryl methyl sites for hydroxylation is 1. The Morgan fingerprint density at radius 2 is 1.72 bits per heavy atom. The van der Waals surface area contributed by atoms with Crippen LogP contribution in [0.25, 0.3) is 0 Å². The van der Waals surface area contributed by atoms with Crippen LogP contribution in [-0.4, -0.2) is 35.6 Å². The average Bonchev–Trinajstić information content (AvgIpc) is 2.71. The Balaban J connectivity index is 2.15. The van der Waals surface area contributed by atoms with Crippen molar-refractivity contribution in [2.24, 2.45) is 0 Å². The summed E-state index contributed by atoms with van der Waals surface area (Å²) in [5.41, 5.74) is 1.85. The molecule has 29 heavy (non-hydrogen) atoms. The molecule has 0 saturated heterocycles. The highest BCUT2D eigenvalue weighted by Gasteiger charge is 2.28. The molecule has 2 amide bonds. The number of rotatable bonds is 9. The maximum Gasteiger partial charge on any atom is 0.242 e. The van der Waals surface area contributed by atoms with E-state index in [1.54, 1.807) is 41.9 Å². The van der Waals surface area contributed by atoms with Gasteiger partial charge in [-0.15, -0.1) is 11.8 Å². The highest BCUT2D eigenvalue weighted by Crippen LogP contribution is 2.27. The van der Waals surface area contributed by atoms with Gasteiger partial charge in [-0.2, -0.15) is 0 Å². The summed E-state index contributed by atoms with van der Waals surface area (Å²) in [5.74, 6) is 0.324. The van der Waals surface area contributed by atoms with Crippen molar-refractivity contribution in [3.63, 3.8) is 0 Å². The Bertz CT molecular complexity index is 823. The first kappa shape index (κ1) is 23.6. The van der Waals surface area contributed by atoms with E-state index in [1.165, 1.54) is 5.56 Å². The fourth-order valence-electron chi connectivity index (χ4n) is 2.97. The average molecular weight is 453 g/mol. The van der Waals surface area contributed by atoms with Gasteiger partial charge in [-0.1, -0.05) is 53.9 Å². The van der Waals surface area contributed by atoms with E-state index in [9.17, 15) is 9.59 Å². The number of halogens is 2. The molecule has 2 rings (SSSR count). The number of amides is 2. The molecule has 1 atom stereocenters.